The number of amides is 2. The first kappa shape index (κ1) is 14.3. The predicted octanol–water partition coefficient (Wildman–Crippen LogP) is -0.235. The van der Waals surface area contributed by atoms with Gasteiger partial charge in [-0.25, -0.2) is 0 Å². The zero-order valence-electron chi connectivity index (χ0n) is 12.5. The number of nitrogens with one attached hydrogen (secondary N) is 3. The molecule has 0 bridgehead atoms. The minimum Gasteiger partial charge on any atom is -0.356 e. The van der Waals surface area contributed by atoms with E-state index in [4.69, 9.17) is 0 Å². The van der Waals surface area contributed by atoms with Gasteiger partial charge in [0.15, 0.2) is 0 Å². The normalized spacial score (nSPS) is 37.3. The molecule has 2 amide bonds. The number of carbonyl (C=O) groups excluding carboxylic acids is 2. The standard InChI is InChI=1S/C15H22N4O2/c1-15(2)10-7-18-12(11(10)15)14(21)19-9(6-16)5-8-3-4-17-13(8)20/h8-12,18H,3-5,7H2,1-2H3,(H,17,20)(H,19,21)/t8-,9-,10?,11?,12?/m0/s1. The molecule has 3 aliphatic rings. The van der Waals surface area contributed by atoms with E-state index < -0.39 is 6.04 Å². The van der Waals surface area contributed by atoms with E-state index >= 15 is 0 Å². The molecule has 0 aromatic heterocycles. The van der Waals surface area contributed by atoms with Crippen molar-refractivity contribution in [2.45, 2.75) is 38.8 Å². The molecule has 0 spiro atoms. The van der Waals surface area contributed by atoms with E-state index in [9.17, 15) is 14.9 Å². The van der Waals surface area contributed by atoms with E-state index in [0.717, 1.165) is 13.0 Å². The topological polar surface area (TPSA) is 94.0 Å². The maximum absolute atomic E-state index is 12.4. The number of nitriles is 1. The number of fused-ring (bicyclic) bond motifs is 1. The molecular formula is C15H22N4O2. The summed E-state index contributed by atoms with van der Waals surface area (Å²) in [5, 5.41) is 18.0. The number of rotatable bonds is 4. The summed E-state index contributed by atoms with van der Waals surface area (Å²) in [6.07, 6.45) is 1.14. The zero-order chi connectivity index (χ0) is 15.2. The summed E-state index contributed by atoms with van der Waals surface area (Å²) in [5.74, 6) is 0.669. The molecule has 0 radical (unpaired) electrons. The molecule has 5 atom stereocenters. The van der Waals surface area contributed by atoms with Gasteiger partial charge in [-0.3, -0.25) is 9.59 Å². The molecule has 3 unspecified atom stereocenters. The van der Waals surface area contributed by atoms with Crippen LogP contribution in [-0.4, -0.2) is 37.0 Å². The maximum atomic E-state index is 12.4. The predicted molar refractivity (Wildman–Crippen MR) is 75.8 cm³/mol. The molecule has 6 heteroatoms. The molecule has 3 fully saturated rings. The molecule has 1 saturated carbocycles. The Bertz CT molecular complexity index is 510. The Morgan fingerprint density at radius 1 is 1.57 bits per heavy atom. The van der Waals surface area contributed by atoms with Gasteiger partial charge >= 0.3 is 0 Å². The van der Waals surface area contributed by atoms with Gasteiger partial charge in [-0.15, -0.1) is 0 Å². The van der Waals surface area contributed by atoms with E-state index in [0.29, 0.717) is 24.8 Å². The highest BCUT2D eigenvalue weighted by Gasteiger charge is 2.65. The number of carbonyl (C=O) groups is 2. The van der Waals surface area contributed by atoms with Crippen molar-refractivity contribution in [1.29, 1.82) is 5.26 Å². The Balaban J connectivity index is 1.56. The third-order valence-corrected chi connectivity index (χ3v) is 5.49. The van der Waals surface area contributed by atoms with E-state index in [1.165, 1.54) is 0 Å². The Hall–Kier alpha value is -1.61. The monoisotopic (exact) mass is 290 g/mol. The highest BCUT2D eigenvalue weighted by Crippen LogP contribution is 2.62. The summed E-state index contributed by atoms with van der Waals surface area (Å²) >= 11 is 0. The molecule has 0 aromatic rings. The van der Waals surface area contributed by atoms with Gasteiger partial charge in [-0.2, -0.15) is 5.26 Å². The van der Waals surface area contributed by atoms with Gasteiger partial charge in [-0.05, 0) is 36.6 Å². The average Bonchev–Trinajstić information content (AvgIpc) is 2.84. The fourth-order valence-corrected chi connectivity index (χ4v) is 4.03. The first-order chi connectivity index (χ1) is 9.95. The average molecular weight is 290 g/mol. The molecular weight excluding hydrogens is 268 g/mol. The second-order valence-corrected chi connectivity index (χ2v) is 7.04. The minimum absolute atomic E-state index is 0.00752. The highest BCUT2D eigenvalue weighted by molar-refractivity contribution is 5.84. The molecule has 2 aliphatic heterocycles. The first-order valence-corrected chi connectivity index (χ1v) is 7.66. The third-order valence-electron chi connectivity index (χ3n) is 5.49. The van der Waals surface area contributed by atoms with Crippen molar-refractivity contribution in [3.05, 3.63) is 0 Å². The lowest BCUT2D eigenvalue weighted by Crippen LogP contribution is -2.48. The Morgan fingerprint density at radius 3 is 2.86 bits per heavy atom. The third kappa shape index (κ3) is 2.40. The summed E-state index contributed by atoms with van der Waals surface area (Å²) in [5.41, 5.74) is 0.223. The van der Waals surface area contributed by atoms with Crippen LogP contribution in [0, 0.1) is 34.5 Å². The van der Waals surface area contributed by atoms with Gasteiger partial charge < -0.3 is 16.0 Å². The van der Waals surface area contributed by atoms with Gasteiger partial charge in [0.25, 0.3) is 0 Å². The largest absolute Gasteiger partial charge is 0.356 e. The number of piperidine rings is 1. The molecule has 3 rings (SSSR count). The minimum atomic E-state index is -0.589. The quantitative estimate of drug-likeness (QED) is 0.666. The Morgan fingerprint density at radius 2 is 2.33 bits per heavy atom. The zero-order valence-corrected chi connectivity index (χ0v) is 12.5. The van der Waals surface area contributed by atoms with Gasteiger partial charge in [-0.1, -0.05) is 13.8 Å². The van der Waals surface area contributed by atoms with Gasteiger partial charge in [0, 0.05) is 12.5 Å². The van der Waals surface area contributed by atoms with Crippen LogP contribution in [0.4, 0.5) is 0 Å². The second-order valence-electron chi connectivity index (χ2n) is 7.04. The lowest BCUT2D eigenvalue weighted by atomic mass is 9.98. The van der Waals surface area contributed by atoms with Crippen molar-refractivity contribution < 1.29 is 9.59 Å². The van der Waals surface area contributed by atoms with Crippen LogP contribution in [0.2, 0.25) is 0 Å². The lowest BCUT2D eigenvalue weighted by Gasteiger charge is -2.21. The SMILES string of the molecule is CC1(C)C2CNC(C(=O)N[C@H](C#N)C[C@@H]3CCNC3=O)C21. The number of hydrogen-bond acceptors (Lipinski definition) is 4. The first-order valence-electron chi connectivity index (χ1n) is 7.66. The summed E-state index contributed by atoms with van der Waals surface area (Å²) in [6, 6.07) is 1.33. The van der Waals surface area contributed by atoms with Crippen LogP contribution in [0.15, 0.2) is 0 Å². The van der Waals surface area contributed by atoms with Crippen molar-refractivity contribution in [2.75, 3.05) is 13.1 Å². The summed E-state index contributed by atoms with van der Waals surface area (Å²) in [6.45, 7) is 5.91. The van der Waals surface area contributed by atoms with Crippen molar-refractivity contribution in [3.8, 4) is 6.07 Å². The van der Waals surface area contributed by atoms with Gasteiger partial charge in [0.2, 0.25) is 11.8 Å². The maximum Gasteiger partial charge on any atom is 0.238 e. The van der Waals surface area contributed by atoms with Crippen LogP contribution in [0.3, 0.4) is 0 Å². The van der Waals surface area contributed by atoms with E-state index in [-0.39, 0.29) is 29.2 Å². The fraction of sp³-hybridized carbons (Fsp3) is 0.800. The van der Waals surface area contributed by atoms with E-state index in [1.807, 2.05) is 0 Å². The van der Waals surface area contributed by atoms with Crippen LogP contribution >= 0.6 is 0 Å². The van der Waals surface area contributed by atoms with Crippen molar-refractivity contribution >= 4 is 11.8 Å². The van der Waals surface area contributed by atoms with Gasteiger partial charge in [0.05, 0.1) is 12.1 Å². The van der Waals surface area contributed by atoms with Crippen LogP contribution < -0.4 is 16.0 Å². The molecule has 1 aliphatic carbocycles. The van der Waals surface area contributed by atoms with Crippen LogP contribution in [-0.2, 0) is 9.59 Å². The number of nitrogens with zero attached hydrogens (tertiary/aromatic N) is 1. The van der Waals surface area contributed by atoms with Crippen molar-refractivity contribution in [1.82, 2.24) is 16.0 Å². The smallest absolute Gasteiger partial charge is 0.238 e. The molecule has 3 N–H and O–H groups in total. The number of hydrogen-bond donors (Lipinski definition) is 3. The van der Waals surface area contributed by atoms with Crippen molar-refractivity contribution in [2.24, 2.45) is 23.2 Å². The van der Waals surface area contributed by atoms with Gasteiger partial charge in [0.1, 0.15) is 6.04 Å². The summed E-state index contributed by atoms with van der Waals surface area (Å²) in [4.78, 5) is 23.9. The van der Waals surface area contributed by atoms with Crippen LogP contribution in [0.5, 0.6) is 0 Å². The van der Waals surface area contributed by atoms with E-state index in [2.05, 4.69) is 35.9 Å². The molecule has 6 nitrogen and oxygen atoms in total. The Kier molecular flexibility index (Phi) is 3.40. The Labute approximate surface area is 124 Å². The van der Waals surface area contributed by atoms with Crippen LogP contribution in [0.25, 0.3) is 0 Å². The molecule has 2 heterocycles. The lowest BCUT2D eigenvalue weighted by molar-refractivity contribution is -0.125. The molecule has 0 aromatic carbocycles. The summed E-state index contributed by atoms with van der Waals surface area (Å²) in [7, 11) is 0. The fourth-order valence-electron chi connectivity index (χ4n) is 4.03. The summed E-state index contributed by atoms with van der Waals surface area (Å²) < 4.78 is 0. The highest BCUT2D eigenvalue weighted by atomic mass is 16.2. The van der Waals surface area contributed by atoms with Crippen molar-refractivity contribution in [3.63, 3.8) is 0 Å². The van der Waals surface area contributed by atoms with E-state index in [1.54, 1.807) is 0 Å². The molecule has 2 saturated heterocycles. The van der Waals surface area contributed by atoms with Crippen LogP contribution in [0.1, 0.15) is 26.7 Å². The second kappa shape index (κ2) is 4.99. The molecule has 21 heavy (non-hydrogen) atoms. The molecule has 114 valence electrons.